The molecule has 0 N–H and O–H groups in total. The predicted molar refractivity (Wildman–Crippen MR) is 64.8 cm³/mol. The van der Waals surface area contributed by atoms with E-state index in [1.807, 2.05) is 0 Å². The molecular weight excluding hydrogens is 180 g/mol. The molecule has 0 saturated heterocycles. The Morgan fingerprint density at radius 1 is 1.07 bits per heavy atom. The summed E-state index contributed by atoms with van der Waals surface area (Å²) in [6.07, 6.45) is 8.01. The summed E-state index contributed by atoms with van der Waals surface area (Å²) in [5.41, 5.74) is 5.94. The number of fused-ring (bicyclic) bond motifs is 1. The summed E-state index contributed by atoms with van der Waals surface area (Å²) in [4.78, 5) is 0. The van der Waals surface area contributed by atoms with Crippen LogP contribution in [0.25, 0.3) is 5.57 Å². The molecule has 78 valence electrons. The second-order valence-corrected chi connectivity index (χ2v) is 4.99. The number of hydrogen-bond donors (Lipinski definition) is 0. The Kier molecular flexibility index (Phi) is 2.16. The van der Waals surface area contributed by atoms with Crippen molar-refractivity contribution in [3.8, 4) is 0 Å². The Bertz CT molecular complexity index is 396. The van der Waals surface area contributed by atoms with E-state index < -0.39 is 0 Å². The third-order valence-electron chi connectivity index (χ3n) is 3.79. The van der Waals surface area contributed by atoms with Crippen molar-refractivity contribution in [2.24, 2.45) is 5.92 Å². The van der Waals surface area contributed by atoms with E-state index >= 15 is 0 Å². The number of hydrogen-bond acceptors (Lipinski definition) is 0. The van der Waals surface area contributed by atoms with Crippen LogP contribution in [-0.2, 0) is 12.8 Å². The van der Waals surface area contributed by atoms with E-state index in [-0.39, 0.29) is 0 Å². The van der Waals surface area contributed by atoms with Gasteiger partial charge in [-0.2, -0.15) is 0 Å². The highest BCUT2D eigenvalue weighted by atomic mass is 14.3. The van der Waals surface area contributed by atoms with E-state index in [0.717, 1.165) is 5.92 Å². The number of allylic oxidation sites excluding steroid dienone is 1. The molecule has 0 unspecified atom stereocenters. The molecule has 0 atom stereocenters. The fourth-order valence-corrected chi connectivity index (χ4v) is 2.60. The molecule has 15 heavy (non-hydrogen) atoms. The Labute approximate surface area is 92.0 Å². The first kappa shape index (κ1) is 9.21. The summed E-state index contributed by atoms with van der Waals surface area (Å²) in [6.45, 7) is 4.24. The van der Waals surface area contributed by atoms with Gasteiger partial charge in [0.15, 0.2) is 0 Å². The molecule has 0 bridgehead atoms. The van der Waals surface area contributed by atoms with Crippen molar-refractivity contribution in [1.82, 2.24) is 0 Å². The molecule has 0 nitrogen and oxygen atoms in total. The van der Waals surface area contributed by atoms with Crippen LogP contribution in [0, 0.1) is 5.92 Å². The fraction of sp³-hybridized carbons (Fsp3) is 0.467. The van der Waals surface area contributed by atoms with Crippen molar-refractivity contribution in [3.05, 3.63) is 41.5 Å². The zero-order valence-corrected chi connectivity index (χ0v) is 9.26. The summed E-state index contributed by atoms with van der Waals surface area (Å²) < 4.78 is 0. The highest BCUT2D eigenvalue weighted by Crippen LogP contribution is 2.41. The maximum absolute atomic E-state index is 4.24. The first-order valence-electron chi connectivity index (χ1n) is 6.15. The Morgan fingerprint density at radius 3 is 2.53 bits per heavy atom. The molecule has 0 spiro atoms. The zero-order valence-electron chi connectivity index (χ0n) is 9.26. The van der Waals surface area contributed by atoms with Gasteiger partial charge in [-0.05, 0) is 66.7 Å². The van der Waals surface area contributed by atoms with Gasteiger partial charge in [-0.3, -0.25) is 0 Å². The van der Waals surface area contributed by atoms with Gasteiger partial charge in [0.2, 0.25) is 0 Å². The topological polar surface area (TPSA) is 0 Å². The van der Waals surface area contributed by atoms with E-state index in [4.69, 9.17) is 0 Å². The summed E-state index contributed by atoms with van der Waals surface area (Å²) in [7, 11) is 0. The first-order chi connectivity index (χ1) is 7.34. The van der Waals surface area contributed by atoms with Crippen LogP contribution in [0.15, 0.2) is 24.8 Å². The molecular formula is C15H18. The van der Waals surface area contributed by atoms with E-state index in [2.05, 4.69) is 24.8 Å². The third kappa shape index (κ3) is 1.73. The van der Waals surface area contributed by atoms with Crippen molar-refractivity contribution >= 4 is 5.57 Å². The van der Waals surface area contributed by atoms with Crippen LogP contribution in [0.1, 0.15) is 42.4 Å². The molecule has 0 amide bonds. The molecule has 0 heteroatoms. The predicted octanol–water partition coefficient (Wildman–Crippen LogP) is 3.99. The van der Waals surface area contributed by atoms with Crippen molar-refractivity contribution in [3.63, 3.8) is 0 Å². The Balaban J connectivity index is 1.92. The standard InChI is InChI=1S/C15H18/c1-11(12-6-7-12)14-9-8-13-4-2-3-5-15(13)10-14/h8-10,12H,1-7H2. The lowest BCUT2D eigenvalue weighted by atomic mass is 9.88. The second-order valence-electron chi connectivity index (χ2n) is 4.99. The van der Waals surface area contributed by atoms with Gasteiger partial charge in [0.25, 0.3) is 0 Å². The van der Waals surface area contributed by atoms with Crippen molar-refractivity contribution < 1.29 is 0 Å². The van der Waals surface area contributed by atoms with Crippen LogP contribution in [0.5, 0.6) is 0 Å². The minimum absolute atomic E-state index is 0.798. The van der Waals surface area contributed by atoms with E-state index in [0.29, 0.717) is 0 Å². The summed E-state index contributed by atoms with van der Waals surface area (Å²) in [6, 6.07) is 7.01. The molecule has 0 aromatic heterocycles. The van der Waals surface area contributed by atoms with Crippen LogP contribution in [-0.4, -0.2) is 0 Å². The molecule has 1 fully saturated rings. The lowest BCUT2D eigenvalue weighted by molar-refractivity contribution is 0.685. The van der Waals surface area contributed by atoms with Crippen LogP contribution in [0.2, 0.25) is 0 Å². The molecule has 1 saturated carbocycles. The smallest absolute Gasteiger partial charge is 0.0161 e. The number of aryl methyl sites for hydroxylation is 2. The van der Waals surface area contributed by atoms with Gasteiger partial charge in [-0.15, -0.1) is 0 Å². The van der Waals surface area contributed by atoms with Crippen molar-refractivity contribution in [2.75, 3.05) is 0 Å². The van der Waals surface area contributed by atoms with E-state index in [1.54, 1.807) is 11.1 Å². The van der Waals surface area contributed by atoms with Crippen LogP contribution in [0.3, 0.4) is 0 Å². The molecule has 2 aliphatic rings. The third-order valence-corrected chi connectivity index (χ3v) is 3.79. The van der Waals surface area contributed by atoms with Crippen LogP contribution in [0.4, 0.5) is 0 Å². The normalized spacial score (nSPS) is 19.7. The maximum Gasteiger partial charge on any atom is -0.0161 e. The highest BCUT2D eigenvalue weighted by molar-refractivity contribution is 5.68. The molecule has 0 aliphatic heterocycles. The maximum atomic E-state index is 4.24. The second kappa shape index (κ2) is 3.52. The molecule has 2 aliphatic carbocycles. The van der Waals surface area contributed by atoms with Gasteiger partial charge < -0.3 is 0 Å². The van der Waals surface area contributed by atoms with Gasteiger partial charge in [-0.1, -0.05) is 24.8 Å². The molecule has 0 radical (unpaired) electrons. The number of rotatable bonds is 2. The molecule has 1 aromatic rings. The lowest BCUT2D eigenvalue weighted by Crippen LogP contribution is -2.03. The quantitative estimate of drug-likeness (QED) is 0.674. The Hall–Kier alpha value is -1.04. The molecule has 3 rings (SSSR count). The van der Waals surface area contributed by atoms with E-state index in [1.165, 1.54) is 49.7 Å². The summed E-state index contributed by atoms with van der Waals surface area (Å²) in [5.74, 6) is 0.798. The minimum atomic E-state index is 0.798. The largest absolute Gasteiger partial charge is 0.0950 e. The number of benzene rings is 1. The fourth-order valence-electron chi connectivity index (χ4n) is 2.60. The monoisotopic (exact) mass is 198 g/mol. The highest BCUT2D eigenvalue weighted by Gasteiger charge is 2.25. The summed E-state index contributed by atoms with van der Waals surface area (Å²) in [5, 5.41) is 0. The van der Waals surface area contributed by atoms with Crippen molar-refractivity contribution in [2.45, 2.75) is 38.5 Å². The van der Waals surface area contributed by atoms with Crippen LogP contribution >= 0.6 is 0 Å². The molecule has 0 heterocycles. The van der Waals surface area contributed by atoms with Gasteiger partial charge in [0, 0.05) is 0 Å². The first-order valence-corrected chi connectivity index (χ1v) is 6.15. The minimum Gasteiger partial charge on any atom is -0.0950 e. The average Bonchev–Trinajstić information content (AvgIpc) is 3.11. The van der Waals surface area contributed by atoms with Gasteiger partial charge in [0.1, 0.15) is 0 Å². The van der Waals surface area contributed by atoms with Gasteiger partial charge >= 0.3 is 0 Å². The zero-order chi connectivity index (χ0) is 10.3. The SMILES string of the molecule is C=C(c1ccc2c(c1)CCCC2)C1CC1. The van der Waals surface area contributed by atoms with E-state index in [9.17, 15) is 0 Å². The molecule has 1 aromatic carbocycles. The average molecular weight is 198 g/mol. The van der Waals surface area contributed by atoms with Crippen molar-refractivity contribution in [1.29, 1.82) is 0 Å². The van der Waals surface area contributed by atoms with Gasteiger partial charge in [0.05, 0.1) is 0 Å². The lowest BCUT2D eigenvalue weighted by Gasteiger charge is -2.17. The van der Waals surface area contributed by atoms with Gasteiger partial charge in [-0.25, -0.2) is 0 Å². The summed E-state index contributed by atoms with van der Waals surface area (Å²) >= 11 is 0. The van der Waals surface area contributed by atoms with Crippen LogP contribution < -0.4 is 0 Å². The Morgan fingerprint density at radius 2 is 1.80 bits per heavy atom.